The van der Waals surface area contributed by atoms with Crippen molar-refractivity contribution in [3.8, 4) is 22.3 Å². The minimum atomic E-state index is 0.117. The third kappa shape index (κ3) is 3.99. The molecule has 1 aliphatic carbocycles. The number of hydrogen-bond acceptors (Lipinski definition) is 8. The molecule has 8 atom stereocenters. The molecule has 8 unspecified atom stereocenters. The van der Waals surface area contributed by atoms with Crippen LogP contribution in [0.5, 0.6) is 0 Å². The highest BCUT2D eigenvalue weighted by Crippen LogP contribution is 2.55. The fourth-order valence-electron chi connectivity index (χ4n) is 10.4. The van der Waals surface area contributed by atoms with Crippen LogP contribution in [0, 0.1) is 0 Å². The van der Waals surface area contributed by atoms with Gasteiger partial charge in [-0.1, -0.05) is 109 Å². The van der Waals surface area contributed by atoms with Crippen LogP contribution in [0.4, 0.5) is 0 Å². The molecule has 248 valence electrons. The summed E-state index contributed by atoms with van der Waals surface area (Å²) in [5, 5.41) is 15.0. The Hall–Kier alpha value is -5.76. The molecular weight excluding hydrogens is 617 g/mol. The Kier molecular flexibility index (Phi) is 6.11. The Morgan fingerprint density at radius 1 is 0.340 bits per heavy atom. The van der Waals surface area contributed by atoms with Gasteiger partial charge in [0, 0.05) is 61.4 Å². The minimum Gasteiger partial charge on any atom is -0.367 e. The molecule has 7 aliphatic rings. The van der Waals surface area contributed by atoms with Crippen LogP contribution in [0.15, 0.2) is 159 Å². The first-order valence-corrected chi connectivity index (χ1v) is 17.9. The Balaban J connectivity index is 1.15. The molecule has 8 nitrogen and oxygen atoms in total. The van der Waals surface area contributed by atoms with E-state index in [1.807, 2.05) is 0 Å². The summed E-state index contributed by atoms with van der Waals surface area (Å²) in [5.41, 5.74) is 7.80. The summed E-state index contributed by atoms with van der Waals surface area (Å²) >= 11 is 0. The van der Waals surface area contributed by atoms with Gasteiger partial charge in [0.1, 0.15) is 24.7 Å². The topological polar surface area (TPSA) is 61.1 Å². The molecule has 0 amide bonds. The average molecular weight is 657 g/mol. The maximum atomic E-state index is 3.74. The van der Waals surface area contributed by atoms with Crippen molar-refractivity contribution in [2.24, 2.45) is 0 Å². The van der Waals surface area contributed by atoms with Crippen molar-refractivity contribution in [1.82, 2.24) is 40.9 Å². The minimum absolute atomic E-state index is 0.117. The van der Waals surface area contributed by atoms with Crippen LogP contribution in [0.25, 0.3) is 22.3 Å². The predicted molar refractivity (Wildman–Crippen MR) is 196 cm³/mol. The number of hydrogen-bond donors (Lipinski definition) is 4. The van der Waals surface area contributed by atoms with Crippen LogP contribution < -0.4 is 21.3 Å². The Morgan fingerprint density at radius 3 is 1.00 bits per heavy atom. The van der Waals surface area contributed by atoms with Crippen LogP contribution in [0.3, 0.4) is 0 Å². The lowest BCUT2D eigenvalue weighted by molar-refractivity contribution is -0.123. The SMILES string of the molecule is C1=CN2C(N1)C1NC=CN1C1C(c3cccc(-c4ccccc4)c3)C3C(C(c4cccc(-c5ccccc5)c4)C12)N1C=CNC1C1NC=CN13. The third-order valence-corrected chi connectivity index (χ3v) is 12.2. The van der Waals surface area contributed by atoms with E-state index in [1.54, 1.807) is 0 Å². The number of piperazine rings is 2. The number of nitrogens with zero attached hydrogens (tertiary/aromatic N) is 4. The van der Waals surface area contributed by atoms with E-state index in [4.69, 9.17) is 0 Å². The number of rotatable bonds is 4. The maximum Gasteiger partial charge on any atom is 0.139 e. The molecule has 4 N–H and O–H groups in total. The van der Waals surface area contributed by atoms with Crippen molar-refractivity contribution in [1.29, 1.82) is 0 Å². The van der Waals surface area contributed by atoms with E-state index < -0.39 is 0 Å². The Bertz CT molecular complexity index is 1830. The number of benzene rings is 4. The molecule has 0 aromatic heterocycles. The lowest BCUT2D eigenvalue weighted by atomic mass is 9.60. The monoisotopic (exact) mass is 656 g/mol. The van der Waals surface area contributed by atoms with Gasteiger partial charge in [-0.25, -0.2) is 0 Å². The van der Waals surface area contributed by atoms with Crippen molar-refractivity contribution < 1.29 is 0 Å². The molecule has 2 saturated heterocycles. The number of nitrogens with one attached hydrogen (secondary N) is 4. The molecule has 1 saturated carbocycles. The second-order valence-corrected chi connectivity index (χ2v) is 14.5. The molecule has 6 aliphatic heterocycles. The van der Waals surface area contributed by atoms with Gasteiger partial charge in [0.2, 0.25) is 0 Å². The summed E-state index contributed by atoms with van der Waals surface area (Å²) < 4.78 is 0. The highest BCUT2D eigenvalue weighted by molar-refractivity contribution is 5.66. The van der Waals surface area contributed by atoms with Crippen molar-refractivity contribution in [3.63, 3.8) is 0 Å². The predicted octanol–water partition coefficient (Wildman–Crippen LogP) is 5.21. The summed E-state index contributed by atoms with van der Waals surface area (Å²) in [4.78, 5) is 10.6. The molecule has 8 heteroatoms. The van der Waals surface area contributed by atoms with Crippen LogP contribution in [0.2, 0.25) is 0 Å². The lowest BCUT2D eigenvalue weighted by Crippen LogP contribution is -2.80. The third-order valence-electron chi connectivity index (χ3n) is 12.2. The van der Waals surface area contributed by atoms with Gasteiger partial charge in [0.05, 0.1) is 24.2 Å². The van der Waals surface area contributed by atoms with Crippen molar-refractivity contribution in [2.45, 2.75) is 60.7 Å². The molecule has 0 spiro atoms. The van der Waals surface area contributed by atoms with Crippen LogP contribution in [-0.2, 0) is 0 Å². The van der Waals surface area contributed by atoms with Crippen molar-refractivity contribution in [2.75, 3.05) is 0 Å². The quantitative estimate of drug-likeness (QED) is 0.239. The lowest BCUT2D eigenvalue weighted by Gasteiger charge is -2.67. The Labute approximate surface area is 293 Å². The van der Waals surface area contributed by atoms with Gasteiger partial charge in [0.15, 0.2) is 0 Å². The zero-order valence-electron chi connectivity index (χ0n) is 27.6. The van der Waals surface area contributed by atoms with E-state index in [2.05, 4.69) is 200 Å². The zero-order valence-corrected chi connectivity index (χ0v) is 27.6. The van der Waals surface area contributed by atoms with E-state index in [-0.39, 0.29) is 60.7 Å². The van der Waals surface area contributed by atoms with Crippen molar-refractivity contribution in [3.05, 3.63) is 170 Å². The molecule has 11 rings (SSSR count). The maximum absolute atomic E-state index is 3.74. The first-order chi connectivity index (χ1) is 24.8. The highest BCUT2D eigenvalue weighted by atomic mass is 15.5. The molecule has 4 aromatic rings. The van der Waals surface area contributed by atoms with Gasteiger partial charge in [-0.05, 0) is 33.4 Å². The van der Waals surface area contributed by atoms with E-state index in [0.717, 1.165) is 0 Å². The fraction of sp³-hybridized carbons (Fsp3) is 0.238. The molecule has 6 heterocycles. The van der Waals surface area contributed by atoms with Gasteiger partial charge in [-0.2, -0.15) is 0 Å². The fourth-order valence-corrected chi connectivity index (χ4v) is 10.4. The summed E-state index contributed by atoms with van der Waals surface area (Å²) in [7, 11) is 0. The first kappa shape index (κ1) is 28.1. The van der Waals surface area contributed by atoms with Gasteiger partial charge >= 0.3 is 0 Å². The standard InChI is InChI=1S/C42H40N8/c1-3-9-27(10-4-1)29-13-7-15-31(25-29)33-35-37(49-23-19-45-41(49)39-43-17-21-47(35)39)34(32-16-8-14-30(26-32)28-11-5-2-6-12-28)38-36(33)48-22-18-44-40(48)42-46-20-24-50(38)42/h1-26,33-46H. The summed E-state index contributed by atoms with van der Waals surface area (Å²) in [6, 6.07) is 41.2. The molecule has 0 bridgehead atoms. The second kappa shape index (κ2) is 10.9. The molecule has 50 heavy (non-hydrogen) atoms. The summed E-state index contributed by atoms with van der Waals surface area (Å²) in [5.74, 6) is 0.373. The summed E-state index contributed by atoms with van der Waals surface area (Å²) in [6.45, 7) is 0. The molecular formula is C42H40N8. The van der Waals surface area contributed by atoms with Gasteiger partial charge < -0.3 is 40.9 Å². The normalized spacial score (nSPS) is 33.4. The van der Waals surface area contributed by atoms with E-state index >= 15 is 0 Å². The van der Waals surface area contributed by atoms with E-state index in [9.17, 15) is 0 Å². The van der Waals surface area contributed by atoms with Crippen molar-refractivity contribution >= 4 is 0 Å². The largest absolute Gasteiger partial charge is 0.367 e. The zero-order chi connectivity index (χ0) is 32.8. The van der Waals surface area contributed by atoms with E-state index in [1.165, 1.54) is 33.4 Å². The van der Waals surface area contributed by atoms with E-state index in [0.29, 0.717) is 0 Å². The first-order valence-electron chi connectivity index (χ1n) is 17.9. The molecule has 0 radical (unpaired) electrons. The van der Waals surface area contributed by atoms with Crippen LogP contribution in [0.1, 0.15) is 23.0 Å². The van der Waals surface area contributed by atoms with Crippen LogP contribution >= 0.6 is 0 Å². The average Bonchev–Trinajstić information content (AvgIpc) is 4.01. The highest BCUT2D eigenvalue weighted by Gasteiger charge is 2.65. The molecule has 3 fully saturated rings. The Morgan fingerprint density at radius 2 is 0.660 bits per heavy atom. The number of fused-ring (bicyclic) bond motifs is 12. The van der Waals surface area contributed by atoms with Crippen LogP contribution in [-0.4, -0.2) is 68.4 Å². The van der Waals surface area contributed by atoms with Gasteiger partial charge in [-0.15, -0.1) is 0 Å². The molecule has 4 aromatic carbocycles. The van der Waals surface area contributed by atoms with Gasteiger partial charge in [-0.3, -0.25) is 0 Å². The smallest absolute Gasteiger partial charge is 0.139 e. The van der Waals surface area contributed by atoms with Gasteiger partial charge in [0.25, 0.3) is 0 Å². The second-order valence-electron chi connectivity index (χ2n) is 14.5. The summed E-state index contributed by atoms with van der Waals surface area (Å²) in [6.07, 6.45) is 18.4.